The van der Waals surface area contributed by atoms with Crippen molar-refractivity contribution >= 4 is 5.69 Å². The summed E-state index contributed by atoms with van der Waals surface area (Å²) in [6.45, 7) is 4.70. The fourth-order valence-electron chi connectivity index (χ4n) is 1.84. The molecule has 2 aromatic carbocycles. The number of benzene rings is 2. The van der Waals surface area contributed by atoms with Crippen LogP contribution in [0.15, 0.2) is 42.5 Å². The molecule has 0 unspecified atom stereocenters. The van der Waals surface area contributed by atoms with E-state index in [2.05, 4.69) is 12.1 Å². The van der Waals surface area contributed by atoms with Crippen LogP contribution < -0.4 is 10.5 Å². The van der Waals surface area contributed by atoms with Crippen molar-refractivity contribution in [2.24, 2.45) is 0 Å². The highest BCUT2D eigenvalue weighted by Crippen LogP contribution is 2.28. The molecule has 0 aliphatic heterocycles. The maximum Gasteiger partial charge on any atom is 0.119 e. The third-order valence-corrected chi connectivity index (χ3v) is 2.68. The molecule has 2 heteroatoms. The van der Waals surface area contributed by atoms with Gasteiger partial charge in [-0.1, -0.05) is 24.3 Å². The Hall–Kier alpha value is -1.96. The highest BCUT2D eigenvalue weighted by molar-refractivity contribution is 5.76. The maximum absolute atomic E-state index is 6.02. The van der Waals surface area contributed by atoms with Crippen LogP contribution in [0.1, 0.15) is 12.5 Å². The molecule has 2 rings (SSSR count). The number of anilines is 1. The molecule has 0 atom stereocenters. The fourth-order valence-corrected chi connectivity index (χ4v) is 1.84. The van der Waals surface area contributed by atoms with Gasteiger partial charge in [-0.25, -0.2) is 0 Å². The fraction of sp³-hybridized carbons (Fsp3) is 0.200. The van der Waals surface area contributed by atoms with Gasteiger partial charge in [-0.15, -0.1) is 0 Å². The van der Waals surface area contributed by atoms with Gasteiger partial charge in [-0.3, -0.25) is 0 Å². The van der Waals surface area contributed by atoms with Gasteiger partial charge < -0.3 is 10.5 Å². The van der Waals surface area contributed by atoms with Gasteiger partial charge in [0.2, 0.25) is 0 Å². The predicted molar refractivity (Wildman–Crippen MR) is 72.2 cm³/mol. The number of ether oxygens (including phenoxy) is 1. The standard InChI is InChI=1S/C15H17NO/c1-3-17-13-7-5-12(6-8-13)14-9-4-11(2)10-15(14)16/h4-10H,3,16H2,1-2H3. The van der Waals surface area contributed by atoms with Gasteiger partial charge in [-0.2, -0.15) is 0 Å². The predicted octanol–water partition coefficient (Wildman–Crippen LogP) is 3.64. The van der Waals surface area contributed by atoms with Crippen LogP contribution in [0, 0.1) is 6.92 Å². The third kappa shape index (κ3) is 2.59. The summed E-state index contributed by atoms with van der Waals surface area (Å²) >= 11 is 0. The molecule has 0 saturated heterocycles. The molecule has 0 amide bonds. The van der Waals surface area contributed by atoms with Crippen LogP contribution in [-0.2, 0) is 0 Å². The lowest BCUT2D eigenvalue weighted by Crippen LogP contribution is -1.92. The zero-order chi connectivity index (χ0) is 12.3. The van der Waals surface area contributed by atoms with E-state index in [0.29, 0.717) is 6.61 Å². The van der Waals surface area contributed by atoms with Gasteiger partial charge in [-0.05, 0) is 43.2 Å². The zero-order valence-electron chi connectivity index (χ0n) is 10.2. The van der Waals surface area contributed by atoms with Gasteiger partial charge in [0, 0.05) is 11.3 Å². The Morgan fingerprint density at radius 2 is 1.76 bits per heavy atom. The number of aryl methyl sites for hydroxylation is 1. The van der Waals surface area contributed by atoms with Crippen LogP contribution >= 0.6 is 0 Å². The van der Waals surface area contributed by atoms with Gasteiger partial charge in [0.25, 0.3) is 0 Å². The van der Waals surface area contributed by atoms with E-state index in [4.69, 9.17) is 10.5 Å². The first kappa shape index (κ1) is 11.5. The molecule has 2 aromatic rings. The number of nitrogen functional groups attached to an aromatic ring is 1. The molecule has 2 nitrogen and oxygen atoms in total. The van der Waals surface area contributed by atoms with E-state index in [-0.39, 0.29) is 0 Å². The van der Waals surface area contributed by atoms with Crippen molar-refractivity contribution in [3.63, 3.8) is 0 Å². The van der Waals surface area contributed by atoms with E-state index in [9.17, 15) is 0 Å². The zero-order valence-corrected chi connectivity index (χ0v) is 10.2. The van der Waals surface area contributed by atoms with Crippen LogP contribution in [0.5, 0.6) is 5.75 Å². The molecule has 0 fully saturated rings. The largest absolute Gasteiger partial charge is 0.494 e. The van der Waals surface area contributed by atoms with Crippen LogP contribution in [0.4, 0.5) is 5.69 Å². The van der Waals surface area contributed by atoms with E-state index in [1.54, 1.807) is 0 Å². The average molecular weight is 227 g/mol. The summed E-state index contributed by atoms with van der Waals surface area (Å²) in [5.41, 5.74) is 10.2. The summed E-state index contributed by atoms with van der Waals surface area (Å²) in [4.78, 5) is 0. The summed E-state index contributed by atoms with van der Waals surface area (Å²) in [6, 6.07) is 14.1. The normalized spacial score (nSPS) is 10.2. The van der Waals surface area contributed by atoms with Crippen LogP contribution in [-0.4, -0.2) is 6.61 Å². The second-order valence-electron chi connectivity index (χ2n) is 4.05. The van der Waals surface area contributed by atoms with Gasteiger partial charge in [0.1, 0.15) is 5.75 Å². The van der Waals surface area contributed by atoms with Crippen molar-refractivity contribution in [2.75, 3.05) is 12.3 Å². The molecule has 0 heterocycles. The van der Waals surface area contributed by atoms with E-state index >= 15 is 0 Å². The Balaban J connectivity index is 2.33. The minimum atomic E-state index is 0.687. The first-order valence-corrected chi connectivity index (χ1v) is 5.80. The molecule has 2 N–H and O–H groups in total. The number of nitrogens with two attached hydrogens (primary N) is 1. The lowest BCUT2D eigenvalue weighted by molar-refractivity contribution is 0.340. The van der Waals surface area contributed by atoms with Crippen LogP contribution in [0.25, 0.3) is 11.1 Å². The Labute approximate surface area is 102 Å². The Morgan fingerprint density at radius 1 is 1.06 bits per heavy atom. The van der Waals surface area contributed by atoms with Crippen LogP contribution in [0.2, 0.25) is 0 Å². The van der Waals surface area contributed by atoms with Crippen molar-refractivity contribution in [1.29, 1.82) is 0 Å². The molecule has 0 aliphatic rings. The topological polar surface area (TPSA) is 35.2 Å². The first-order valence-electron chi connectivity index (χ1n) is 5.80. The minimum absolute atomic E-state index is 0.687. The highest BCUT2D eigenvalue weighted by Gasteiger charge is 2.02. The van der Waals surface area contributed by atoms with E-state index in [1.807, 2.05) is 44.2 Å². The quantitative estimate of drug-likeness (QED) is 0.812. The van der Waals surface area contributed by atoms with Gasteiger partial charge in [0.15, 0.2) is 0 Å². The second-order valence-corrected chi connectivity index (χ2v) is 4.05. The van der Waals surface area contributed by atoms with Crippen molar-refractivity contribution in [1.82, 2.24) is 0 Å². The lowest BCUT2D eigenvalue weighted by atomic mass is 10.0. The van der Waals surface area contributed by atoms with Crippen molar-refractivity contribution in [3.05, 3.63) is 48.0 Å². The average Bonchev–Trinajstić information content (AvgIpc) is 2.31. The van der Waals surface area contributed by atoms with E-state index in [0.717, 1.165) is 22.6 Å². The molecular weight excluding hydrogens is 210 g/mol. The maximum atomic E-state index is 6.02. The molecule has 88 valence electrons. The number of rotatable bonds is 3. The van der Waals surface area contributed by atoms with Gasteiger partial charge >= 0.3 is 0 Å². The Morgan fingerprint density at radius 3 is 2.35 bits per heavy atom. The summed E-state index contributed by atoms with van der Waals surface area (Å²) in [6.07, 6.45) is 0. The second kappa shape index (κ2) is 4.91. The number of hydrogen-bond acceptors (Lipinski definition) is 2. The monoisotopic (exact) mass is 227 g/mol. The summed E-state index contributed by atoms with van der Waals surface area (Å²) in [7, 11) is 0. The Bertz CT molecular complexity index is 503. The van der Waals surface area contributed by atoms with E-state index in [1.165, 1.54) is 5.56 Å². The molecule has 0 aliphatic carbocycles. The highest BCUT2D eigenvalue weighted by atomic mass is 16.5. The first-order chi connectivity index (χ1) is 8.20. The van der Waals surface area contributed by atoms with Crippen molar-refractivity contribution in [2.45, 2.75) is 13.8 Å². The molecule has 17 heavy (non-hydrogen) atoms. The molecule has 0 spiro atoms. The van der Waals surface area contributed by atoms with Crippen molar-refractivity contribution in [3.8, 4) is 16.9 Å². The van der Waals surface area contributed by atoms with Crippen LogP contribution in [0.3, 0.4) is 0 Å². The third-order valence-electron chi connectivity index (χ3n) is 2.68. The Kier molecular flexibility index (Phi) is 3.33. The molecular formula is C15H17NO. The van der Waals surface area contributed by atoms with Crippen molar-refractivity contribution < 1.29 is 4.74 Å². The minimum Gasteiger partial charge on any atom is -0.494 e. The molecule has 0 aromatic heterocycles. The van der Waals surface area contributed by atoms with Gasteiger partial charge in [0.05, 0.1) is 6.61 Å². The smallest absolute Gasteiger partial charge is 0.119 e. The summed E-state index contributed by atoms with van der Waals surface area (Å²) in [5, 5.41) is 0. The lowest BCUT2D eigenvalue weighted by Gasteiger charge is -2.08. The number of hydrogen-bond donors (Lipinski definition) is 1. The molecule has 0 radical (unpaired) electrons. The molecule has 0 bridgehead atoms. The molecule has 0 saturated carbocycles. The van der Waals surface area contributed by atoms with E-state index < -0.39 is 0 Å². The SMILES string of the molecule is CCOc1ccc(-c2ccc(C)cc2N)cc1. The summed E-state index contributed by atoms with van der Waals surface area (Å²) < 4.78 is 5.41. The summed E-state index contributed by atoms with van der Waals surface area (Å²) in [5.74, 6) is 0.891.